The van der Waals surface area contributed by atoms with Crippen LogP contribution in [-0.4, -0.2) is 17.5 Å². The molecule has 0 bridgehead atoms. The van der Waals surface area contributed by atoms with E-state index in [1.807, 2.05) is 18.2 Å². The molecule has 0 unspecified atom stereocenters. The first-order valence-electron chi connectivity index (χ1n) is 9.64. The highest BCUT2D eigenvalue weighted by Gasteiger charge is 2.14. The zero-order valence-electron chi connectivity index (χ0n) is 17.5. The van der Waals surface area contributed by atoms with Crippen molar-refractivity contribution in [2.45, 2.75) is 33.1 Å². The molecule has 0 fully saturated rings. The number of furan rings is 1. The van der Waals surface area contributed by atoms with Crippen LogP contribution in [0.15, 0.2) is 76.4 Å². The average molecular weight is 403 g/mol. The first kappa shape index (κ1) is 21.0. The Balaban J connectivity index is 1.66. The van der Waals surface area contributed by atoms with Gasteiger partial charge in [-0.05, 0) is 59.9 Å². The summed E-state index contributed by atoms with van der Waals surface area (Å²) in [4.78, 5) is 24.5. The lowest BCUT2D eigenvalue weighted by atomic mass is 9.87. The predicted octanol–water partition coefficient (Wildman–Crippen LogP) is 4.98. The van der Waals surface area contributed by atoms with Crippen LogP contribution in [0.3, 0.4) is 0 Å². The standard InChI is InChI=1S/C24H25N3O3/c1-16(26-27-22(28)17-10-12-19(13-11-17)24(2,3)4)18-7-5-8-20(15-18)25-23(29)21-9-6-14-30-21/h5-15H,1-4H3,(H,25,29)(H,27,28). The molecule has 2 aromatic carbocycles. The lowest BCUT2D eigenvalue weighted by Gasteiger charge is -2.18. The Morgan fingerprint density at radius 1 is 0.900 bits per heavy atom. The van der Waals surface area contributed by atoms with Gasteiger partial charge in [0, 0.05) is 11.3 Å². The van der Waals surface area contributed by atoms with Crippen LogP contribution in [0.25, 0.3) is 0 Å². The predicted molar refractivity (Wildman–Crippen MR) is 118 cm³/mol. The molecule has 30 heavy (non-hydrogen) atoms. The molecule has 2 N–H and O–H groups in total. The summed E-state index contributed by atoms with van der Waals surface area (Å²) < 4.78 is 5.09. The van der Waals surface area contributed by atoms with E-state index in [0.29, 0.717) is 17.0 Å². The molecule has 154 valence electrons. The maximum Gasteiger partial charge on any atom is 0.291 e. The molecular weight excluding hydrogens is 378 g/mol. The molecule has 0 atom stereocenters. The molecule has 0 aliphatic carbocycles. The molecule has 6 nitrogen and oxygen atoms in total. The maximum absolute atomic E-state index is 12.4. The number of rotatable bonds is 5. The van der Waals surface area contributed by atoms with Crippen LogP contribution in [0.4, 0.5) is 5.69 Å². The second-order valence-electron chi connectivity index (χ2n) is 7.98. The summed E-state index contributed by atoms with van der Waals surface area (Å²) in [6, 6.07) is 18.0. The number of hydrazone groups is 1. The number of carbonyl (C=O) groups excluding carboxylic acids is 2. The van der Waals surface area contributed by atoms with Gasteiger partial charge in [0.15, 0.2) is 5.76 Å². The lowest BCUT2D eigenvalue weighted by Crippen LogP contribution is -2.20. The van der Waals surface area contributed by atoms with E-state index in [0.717, 1.165) is 11.1 Å². The van der Waals surface area contributed by atoms with Crippen molar-refractivity contribution in [2.75, 3.05) is 5.32 Å². The monoisotopic (exact) mass is 403 g/mol. The minimum atomic E-state index is -0.334. The highest BCUT2D eigenvalue weighted by Crippen LogP contribution is 2.22. The Labute approximate surface area is 176 Å². The van der Waals surface area contributed by atoms with Gasteiger partial charge in [-0.1, -0.05) is 45.0 Å². The number of nitrogens with one attached hydrogen (secondary N) is 2. The van der Waals surface area contributed by atoms with E-state index < -0.39 is 0 Å². The van der Waals surface area contributed by atoms with Gasteiger partial charge >= 0.3 is 0 Å². The van der Waals surface area contributed by atoms with Gasteiger partial charge in [-0.25, -0.2) is 5.43 Å². The number of anilines is 1. The fraction of sp³-hybridized carbons (Fsp3) is 0.208. The third-order valence-corrected chi connectivity index (χ3v) is 4.62. The molecular formula is C24H25N3O3. The minimum Gasteiger partial charge on any atom is -0.459 e. The second kappa shape index (κ2) is 8.78. The number of benzene rings is 2. The molecule has 1 aromatic heterocycles. The largest absolute Gasteiger partial charge is 0.459 e. The molecule has 0 aliphatic heterocycles. The van der Waals surface area contributed by atoms with Crippen molar-refractivity contribution < 1.29 is 14.0 Å². The molecule has 0 radical (unpaired) electrons. The Morgan fingerprint density at radius 2 is 1.63 bits per heavy atom. The maximum atomic E-state index is 12.4. The first-order chi connectivity index (χ1) is 14.2. The Kier molecular flexibility index (Phi) is 6.16. The van der Waals surface area contributed by atoms with E-state index in [2.05, 4.69) is 36.6 Å². The number of amides is 2. The fourth-order valence-electron chi connectivity index (χ4n) is 2.81. The van der Waals surface area contributed by atoms with E-state index in [4.69, 9.17) is 4.42 Å². The third-order valence-electron chi connectivity index (χ3n) is 4.62. The van der Waals surface area contributed by atoms with Crippen molar-refractivity contribution in [3.05, 3.63) is 89.4 Å². The van der Waals surface area contributed by atoms with Gasteiger partial charge < -0.3 is 9.73 Å². The van der Waals surface area contributed by atoms with Crippen molar-refractivity contribution >= 4 is 23.2 Å². The van der Waals surface area contributed by atoms with Crippen LogP contribution in [0, 0.1) is 0 Å². The van der Waals surface area contributed by atoms with E-state index in [-0.39, 0.29) is 23.0 Å². The highest BCUT2D eigenvalue weighted by molar-refractivity contribution is 6.04. The summed E-state index contributed by atoms with van der Waals surface area (Å²) in [5, 5.41) is 6.97. The van der Waals surface area contributed by atoms with Crippen molar-refractivity contribution in [1.82, 2.24) is 5.43 Å². The van der Waals surface area contributed by atoms with Crippen molar-refractivity contribution in [3.63, 3.8) is 0 Å². The summed E-state index contributed by atoms with van der Waals surface area (Å²) in [6.07, 6.45) is 1.45. The molecule has 3 rings (SSSR count). The van der Waals surface area contributed by atoms with Gasteiger partial charge in [0.1, 0.15) is 0 Å². The second-order valence-corrected chi connectivity index (χ2v) is 7.98. The molecule has 2 amide bonds. The Morgan fingerprint density at radius 3 is 2.27 bits per heavy atom. The molecule has 3 aromatic rings. The van der Waals surface area contributed by atoms with Gasteiger partial charge in [0.2, 0.25) is 0 Å². The van der Waals surface area contributed by atoms with Gasteiger partial charge in [0.05, 0.1) is 12.0 Å². The minimum absolute atomic E-state index is 0.0289. The Hall–Kier alpha value is -3.67. The number of hydrogen-bond acceptors (Lipinski definition) is 4. The highest BCUT2D eigenvalue weighted by atomic mass is 16.3. The number of nitrogens with zero attached hydrogens (tertiary/aromatic N) is 1. The van der Waals surface area contributed by atoms with Gasteiger partial charge in [-0.3, -0.25) is 9.59 Å². The molecule has 0 aliphatic rings. The molecule has 0 saturated carbocycles. The van der Waals surface area contributed by atoms with Crippen LogP contribution in [-0.2, 0) is 5.41 Å². The molecule has 6 heteroatoms. The van der Waals surface area contributed by atoms with Crippen LogP contribution < -0.4 is 10.7 Å². The van der Waals surface area contributed by atoms with Crippen LogP contribution in [0.1, 0.15) is 59.7 Å². The smallest absolute Gasteiger partial charge is 0.291 e. The van der Waals surface area contributed by atoms with Crippen molar-refractivity contribution in [1.29, 1.82) is 0 Å². The summed E-state index contributed by atoms with van der Waals surface area (Å²) in [5.41, 5.74) is 6.31. The van der Waals surface area contributed by atoms with E-state index in [9.17, 15) is 9.59 Å². The summed E-state index contributed by atoms with van der Waals surface area (Å²) >= 11 is 0. The Bertz CT molecular complexity index is 1060. The molecule has 0 spiro atoms. The van der Waals surface area contributed by atoms with E-state index in [1.165, 1.54) is 6.26 Å². The SMILES string of the molecule is CC(=NNC(=O)c1ccc(C(C)(C)C)cc1)c1cccc(NC(=O)c2ccco2)c1. The zero-order valence-corrected chi connectivity index (χ0v) is 17.5. The summed E-state index contributed by atoms with van der Waals surface area (Å²) in [5.74, 6) is -0.383. The summed E-state index contributed by atoms with van der Waals surface area (Å²) in [7, 11) is 0. The van der Waals surface area contributed by atoms with Gasteiger partial charge in [-0.15, -0.1) is 0 Å². The zero-order chi connectivity index (χ0) is 21.7. The third kappa shape index (κ3) is 5.23. The fourth-order valence-corrected chi connectivity index (χ4v) is 2.81. The summed E-state index contributed by atoms with van der Waals surface area (Å²) in [6.45, 7) is 8.17. The average Bonchev–Trinajstić information content (AvgIpc) is 3.26. The van der Waals surface area contributed by atoms with Crippen LogP contribution >= 0.6 is 0 Å². The number of carbonyl (C=O) groups is 2. The molecule has 0 saturated heterocycles. The first-order valence-corrected chi connectivity index (χ1v) is 9.64. The van der Waals surface area contributed by atoms with Gasteiger partial charge in [-0.2, -0.15) is 5.10 Å². The van der Waals surface area contributed by atoms with E-state index >= 15 is 0 Å². The van der Waals surface area contributed by atoms with Crippen LogP contribution in [0.5, 0.6) is 0 Å². The topological polar surface area (TPSA) is 83.7 Å². The number of hydrogen-bond donors (Lipinski definition) is 2. The lowest BCUT2D eigenvalue weighted by molar-refractivity contribution is 0.0953. The van der Waals surface area contributed by atoms with E-state index in [1.54, 1.807) is 49.4 Å². The molecule has 1 heterocycles. The van der Waals surface area contributed by atoms with Crippen molar-refractivity contribution in [3.8, 4) is 0 Å². The van der Waals surface area contributed by atoms with Crippen molar-refractivity contribution in [2.24, 2.45) is 5.10 Å². The quantitative estimate of drug-likeness (QED) is 0.465. The normalized spacial score (nSPS) is 11.8. The van der Waals surface area contributed by atoms with Gasteiger partial charge in [0.25, 0.3) is 11.8 Å². The van der Waals surface area contributed by atoms with Crippen LogP contribution in [0.2, 0.25) is 0 Å².